The molecule has 1 heterocycles. The zero-order valence-electron chi connectivity index (χ0n) is 10.5. The Labute approximate surface area is 107 Å². The van der Waals surface area contributed by atoms with Crippen LogP contribution >= 0.6 is 0 Å². The van der Waals surface area contributed by atoms with Gasteiger partial charge in [0, 0.05) is 12.6 Å². The minimum atomic E-state index is -0.224. The van der Waals surface area contributed by atoms with Crippen molar-refractivity contribution in [1.29, 1.82) is 0 Å². The van der Waals surface area contributed by atoms with Gasteiger partial charge in [0.2, 0.25) is 5.91 Å². The van der Waals surface area contributed by atoms with Crippen LogP contribution in [0.25, 0.3) is 6.08 Å². The molecule has 0 aromatic heterocycles. The Balaban J connectivity index is 2.04. The van der Waals surface area contributed by atoms with Crippen molar-refractivity contribution >= 4 is 17.8 Å². The van der Waals surface area contributed by atoms with Crippen LogP contribution in [-0.4, -0.2) is 29.2 Å². The Bertz CT molecular complexity index is 465. The molecule has 1 saturated heterocycles. The van der Waals surface area contributed by atoms with Crippen LogP contribution in [0.15, 0.2) is 36.4 Å². The number of benzene rings is 1. The summed E-state index contributed by atoms with van der Waals surface area (Å²) in [5.74, 6) is 0.00511. The normalized spacial score (nSPS) is 19.4. The number of nitrogens with zero attached hydrogens (tertiary/aromatic N) is 1. The molecule has 0 saturated carbocycles. The van der Waals surface area contributed by atoms with E-state index in [0.717, 1.165) is 18.4 Å². The van der Waals surface area contributed by atoms with Crippen LogP contribution in [0.3, 0.4) is 0 Å². The van der Waals surface area contributed by atoms with Gasteiger partial charge in [-0.25, -0.2) is 0 Å². The molecule has 1 fully saturated rings. The van der Waals surface area contributed by atoms with Gasteiger partial charge >= 0.3 is 0 Å². The molecule has 2 rings (SSSR count). The molecule has 0 radical (unpaired) electrons. The maximum absolute atomic E-state index is 12.0. The van der Waals surface area contributed by atoms with E-state index in [-0.39, 0.29) is 17.7 Å². The molecule has 1 aliphatic rings. The number of Topliss-reactive ketones (excluding diaryl/α,β-unsaturated/α-hetero) is 1. The third-order valence-corrected chi connectivity index (χ3v) is 3.22. The van der Waals surface area contributed by atoms with E-state index in [1.54, 1.807) is 24.0 Å². The molecule has 0 unspecified atom stereocenters. The SMILES string of the molecule is CC(=O)[C@@H]1CCCN1C(=O)/C=C/c1ccccc1. The van der Waals surface area contributed by atoms with Crippen LogP contribution in [0.5, 0.6) is 0 Å². The number of likely N-dealkylation sites (tertiary alicyclic amines) is 1. The van der Waals surface area contributed by atoms with Crippen molar-refractivity contribution in [3.63, 3.8) is 0 Å². The molecule has 3 heteroatoms. The number of rotatable bonds is 3. The highest BCUT2D eigenvalue weighted by Crippen LogP contribution is 2.18. The van der Waals surface area contributed by atoms with E-state index in [9.17, 15) is 9.59 Å². The summed E-state index contributed by atoms with van der Waals surface area (Å²) in [5.41, 5.74) is 0.990. The minimum Gasteiger partial charge on any atom is -0.329 e. The summed E-state index contributed by atoms with van der Waals surface area (Å²) < 4.78 is 0. The van der Waals surface area contributed by atoms with E-state index in [4.69, 9.17) is 0 Å². The third-order valence-electron chi connectivity index (χ3n) is 3.22. The predicted octanol–water partition coefficient (Wildman–Crippen LogP) is 2.28. The molecule has 18 heavy (non-hydrogen) atoms. The molecule has 0 bridgehead atoms. The van der Waals surface area contributed by atoms with Crippen molar-refractivity contribution in [1.82, 2.24) is 4.90 Å². The summed E-state index contributed by atoms with van der Waals surface area (Å²) in [5, 5.41) is 0. The summed E-state index contributed by atoms with van der Waals surface area (Å²) >= 11 is 0. The van der Waals surface area contributed by atoms with Crippen LogP contribution in [0.1, 0.15) is 25.3 Å². The molecular weight excluding hydrogens is 226 g/mol. The van der Waals surface area contributed by atoms with Gasteiger partial charge in [-0.1, -0.05) is 30.3 Å². The minimum absolute atomic E-state index is 0.0726. The van der Waals surface area contributed by atoms with E-state index in [2.05, 4.69) is 0 Å². The molecule has 0 spiro atoms. The molecule has 3 nitrogen and oxygen atoms in total. The zero-order valence-corrected chi connectivity index (χ0v) is 10.5. The number of ketones is 1. The van der Waals surface area contributed by atoms with Gasteiger partial charge in [-0.3, -0.25) is 9.59 Å². The van der Waals surface area contributed by atoms with Gasteiger partial charge < -0.3 is 4.90 Å². The Morgan fingerprint density at radius 3 is 2.67 bits per heavy atom. The second-order valence-corrected chi connectivity index (χ2v) is 4.54. The van der Waals surface area contributed by atoms with E-state index < -0.39 is 0 Å². The first-order chi connectivity index (χ1) is 8.68. The highest BCUT2D eigenvalue weighted by atomic mass is 16.2. The van der Waals surface area contributed by atoms with Crippen molar-refractivity contribution in [3.8, 4) is 0 Å². The molecule has 1 aromatic carbocycles. The highest BCUT2D eigenvalue weighted by Gasteiger charge is 2.30. The van der Waals surface area contributed by atoms with Crippen LogP contribution < -0.4 is 0 Å². The lowest BCUT2D eigenvalue weighted by Crippen LogP contribution is -2.38. The van der Waals surface area contributed by atoms with Crippen molar-refractivity contribution in [2.45, 2.75) is 25.8 Å². The molecule has 1 aliphatic heterocycles. The summed E-state index contributed by atoms with van der Waals surface area (Å²) in [6, 6.07) is 9.45. The highest BCUT2D eigenvalue weighted by molar-refractivity contribution is 5.95. The van der Waals surface area contributed by atoms with E-state index in [1.807, 2.05) is 30.3 Å². The topological polar surface area (TPSA) is 37.4 Å². The average Bonchev–Trinajstić information content (AvgIpc) is 2.86. The lowest BCUT2D eigenvalue weighted by Gasteiger charge is -2.20. The number of hydrogen-bond donors (Lipinski definition) is 0. The first-order valence-corrected chi connectivity index (χ1v) is 6.22. The third kappa shape index (κ3) is 2.86. The van der Waals surface area contributed by atoms with E-state index in [1.165, 1.54) is 0 Å². The van der Waals surface area contributed by atoms with Gasteiger partial charge in [0.1, 0.15) is 0 Å². The van der Waals surface area contributed by atoms with Crippen molar-refractivity contribution in [3.05, 3.63) is 42.0 Å². The molecule has 1 aromatic rings. The van der Waals surface area contributed by atoms with Gasteiger partial charge in [0.05, 0.1) is 6.04 Å². The number of carbonyl (C=O) groups is 2. The fourth-order valence-electron chi connectivity index (χ4n) is 2.28. The Morgan fingerprint density at radius 1 is 1.28 bits per heavy atom. The zero-order chi connectivity index (χ0) is 13.0. The number of carbonyl (C=O) groups excluding carboxylic acids is 2. The number of amides is 1. The second kappa shape index (κ2) is 5.63. The van der Waals surface area contributed by atoms with Crippen LogP contribution in [0.2, 0.25) is 0 Å². The Kier molecular flexibility index (Phi) is 3.92. The van der Waals surface area contributed by atoms with Crippen molar-refractivity contribution < 1.29 is 9.59 Å². The van der Waals surface area contributed by atoms with E-state index in [0.29, 0.717) is 6.54 Å². The van der Waals surface area contributed by atoms with Crippen molar-refractivity contribution in [2.24, 2.45) is 0 Å². The first-order valence-electron chi connectivity index (χ1n) is 6.22. The van der Waals surface area contributed by atoms with Crippen molar-refractivity contribution in [2.75, 3.05) is 6.54 Å². The maximum atomic E-state index is 12.0. The Hall–Kier alpha value is -1.90. The van der Waals surface area contributed by atoms with Gasteiger partial charge in [0.15, 0.2) is 5.78 Å². The van der Waals surface area contributed by atoms with Gasteiger partial charge in [-0.15, -0.1) is 0 Å². The lowest BCUT2D eigenvalue weighted by atomic mass is 10.1. The van der Waals surface area contributed by atoms with Gasteiger partial charge in [-0.2, -0.15) is 0 Å². The quantitative estimate of drug-likeness (QED) is 0.764. The van der Waals surface area contributed by atoms with Crippen LogP contribution in [0, 0.1) is 0 Å². The average molecular weight is 243 g/mol. The van der Waals surface area contributed by atoms with Crippen LogP contribution in [0.4, 0.5) is 0 Å². The molecule has 0 N–H and O–H groups in total. The predicted molar refractivity (Wildman–Crippen MR) is 70.9 cm³/mol. The summed E-state index contributed by atoms with van der Waals surface area (Å²) in [6.07, 6.45) is 5.05. The molecule has 1 atom stereocenters. The van der Waals surface area contributed by atoms with Gasteiger partial charge in [-0.05, 0) is 31.4 Å². The lowest BCUT2D eigenvalue weighted by molar-refractivity contribution is -0.133. The molecule has 94 valence electrons. The molecule has 1 amide bonds. The van der Waals surface area contributed by atoms with Crippen LogP contribution in [-0.2, 0) is 9.59 Å². The smallest absolute Gasteiger partial charge is 0.247 e. The second-order valence-electron chi connectivity index (χ2n) is 4.54. The summed E-state index contributed by atoms with van der Waals surface area (Å²) in [6.45, 7) is 2.24. The fourth-order valence-corrected chi connectivity index (χ4v) is 2.28. The summed E-state index contributed by atoms with van der Waals surface area (Å²) in [7, 11) is 0. The standard InChI is InChI=1S/C15H17NO2/c1-12(17)14-8-5-11-16(14)15(18)10-9-13-6-3-2-4-7-13/h2-4,6-7,9-10,14H,5,8,11H2,1H3/b10-9+/t14-/m0/s1. The molecular formula is C15H17NO2. The van der Waals surface area contributed by atoms with Gasteiger partial charge in [0.25, 0.3) is 0 Å². The summed E-state index contributed by atoms with van der Waals surface area (Å²) in [4.78, 5) is 25.1. The maximum Gasteiger partial charge on any atom is 0.247 e. The first kappa shape index (κ1) is 12.6. The monoisotopic (exact) mass is 243 g/mol. The Morgan fingerprint density at radius 2 is 2.00 bits per heavy atom. The van der Waals surface area contributed by atoms with E-state index >= 15 is 0 Å². The largest absolute Gasteiger partial charge is 0.329 e. The molecule has 0 aliphatic carbocycles. The number of hydrogen-bond acceptors (Lipinski definition) is 2. The fraction of sp³-hybridized carbons (Fsp3) is 0.333.